The van der Waals surface area contributed by atoms with Crippen molar-refractivity contribution in [2.45, 2.75) is 99.8 Å². The third kappa shape index (κ3) is 2.64. The number of aliphatic carboxylic acids is 1. The maximum Gasteiger partial charge on any atom is 0.310 e. The molecule has 0 aromatic rings. The van der Waals surface area contributed by atoms with E-state index in [0.717, 1.165) is 25.7 Å². The number of rotatable bonds is 1. The monoisotopic (exact) mass is 466 g/mol. The lowest BCUT2D eigenvalue weighted by Gasteiger charge is -2.67. The standard InChI is InChI=1S/C30H42O4/c1-25(2)16-19-18-8-9-21-27(5)12-11-22(31)26(3,4)20(27)10-13-29(21,7)28(18,6)14-15-30(19,24(33)34)17-23(25)32/h8-9,19-20H,10-17H2,1-7H3,(H,33,34)/t19-,20-,27-,28+,29+,30+/m0/s1. The molecule has 4 saturated carbocycles. The smallest absolute Gasteiger partial charge is 0.310 e. The van der Waals surface area contributed by atoms with Gasteiger partial charge in [0.15, 0.2) is 0 Å². The molecule has 5 aliphatic rings. The summed E-state index contributed by atoms with van der Waals surface area (Å²) in [7, 11) is 0. The number of hydrogen-bond donors (Lipinski definition) is 1. The van der Waals surface area contributed by atoms with E-state index in [-0.39, 0.29) is 39.8 Å². The summed E-state index contributed by atoms with van der Waals surface area (Å²) in [6.07, 6.45) is 10.3. The predicted octanol–water partition coefficient (Wildman–Crippen LogP) is 6.54. The van der Waals surface area contributed by atoms with E-state index >= 15 is 0 Å². The second-order valence-electron chi connectivity index (χ2n) is 14.2. The van der Waals surface area contributed by atoms with Crippen molar-refractivity contribution in [1.82, 2.24) is 0 Å². The van der Waals surface area contributed by atoms with E-state index in [2.05, 4.69) is 46.8 Å². The topological polar surface area (TPSA) is 71.4 Å². The van der Waals surface area contributed by atoms with Crippen LogP contribution in [0.25, 0.3) is 0 Å². The second kappa shape index (κ2) is 6.73. The van der Waals surface area contributed by atoms with Crippen LogP contribution in [-0.4, -0.2) is 22.6 Å². The molecule has 4 nitrogen and oxygen atoms in total. The van der Waals surface area contributed by atoms with E-state index < -0.39 is 16.8 Å². The van der Waals surface area contributed by atoms with Crippen LogP contribution in [0.4, 0.5) is 0 Å². The number of carbonyl (C=O) groups excluding carboxylic acids is 2. The summed E-state index contributed by atoms with van der Waals surface area (Å²) in [4.78, 5) is 38.6. The summed E-state index contributed by atoms with van der Waals surface area (Å²) in [5.74, 6) is -0.0772. The Morgan fingerprint density at radius 1 is 0.882 bits per heavy atom. The van der Waals surface area contributed by atoms with Crippen molar-refractivity contribution in [3.8, 4) is 0 Å². The fourth-order valence-corrected chi connectivity index (χ4v) is 9.55. The zero-order chi connectivity index (χ0) is 25.1. The van der Waals surface area contributed by atoms with Crippen molar-refractivity contribution in [3.63, 3.8) is 0 Å². The fraction of sp³-hybridized carbons (Fsp3) is 0.767. The molecule has 186 valence electrons. The molecule has 34 heavy (non-hydrogen) atoms. The van der Waals surface area contributed by atoms with Crippen LogP contribution >= 0.6 is 0 Å². The summed E-state index contributed by atoms with van der Waals surface area (Å²) in [5, 5.41) is 10.4. The quantitative estimate of drug-likeness (QED) is 0.476. The largest absolute Gasteiger partial charge is 0.481 e. The minimum atomic E-state index is -0.972. The lowest BCUT2D eigenvalue weighted by atomic mass is 9.36. The molecule has 0 radical (unpaired) electrons. The van der Waals surface area contributed by atoms with E-state index in [4.69, 9.17) is 0 Å². The Bertz CT molecular complexity index is 1060. The number of carboxylic acid groups (broad SMARTS) is 1. The Labute approximate surface area is 204 Å². The van der Waals surface area contributed by atoms with E-state index in [9.17, 15) is 19.5 Å². The van der Waals surface area contributed by atoms with Crippen LogP contribution in [0.2, 0.25) is 0 Å². The third-order valence-electron chi connectivity index (χ3n) is 12.1. The van der Waals surface area contributed by atoms with Crippen molar-refractivity contribution < 1.29 is 19.5 Å². The first-order valence-corrected chi connectivity index (χ1v) is 13.3. The molecule has 0 bridgehead atoms. The normalized spacial score (nSPS) is 46.8. The Hall–Kier alpha value is -1.71. The molecule has 5 rings (SSSR count). The third-order valence-corrected chi connectivity index (χ3v) is 12.1. The lowest BCUT2D eigenvalue weighted by Crippen LogP contribution is -2.62. The van der Waals surface area contributed by atoms with Crippen molar-refractivity contribution in [3.05, 3.63) is 23.3 Å². The van der Waals surface area contributed by atoms with Gasteiger partial charge in [-0.3, -0.25) is 14.4 Å². The molecular weight excluding hydrogens is 424 g/mol. The average molecular weight is 467 g/mol. The van der Waals surface area contributed by atoms with Gasteiger partial charge in [-0.25, -0.2) is 0 Å². The molecule has 0 aliphatic heterocycles. The van der Waals surface area contributed by atoms with Crippen LogP contribution in [-0.2, 0) is 14.4 Å². The van der Waals surface area contributed by atoms with E-state index in [0.29, 0.717) is 31.0 Å². The van der Waals surface area contributed by atoms with E-state index in [1.165, 1.54) is 11.1 Å². The molecular formula is C30H42O4. The van der Waals surface area contributed by atoms with Gasteiger partial charge in [-0.15, -0.1) is 0 Å². The van der Waals surface area contributed by atoms with Crippen molar-refractivity contribution >= 4 is 17.5 Å². The molecule has 0 unspecified atom stereocenters. The minimum absolute atomic E-state index is 0.0153. The highest BCUT2D eigenvalue weighted by molar-refractivity contribution is 5.92. The van der Waals surface area contributed by atoms with Crippen molar-refractivity contribution in [2.24, 2.45) is 44.3 Å². The summed E-state index contributed by atoms with van der Waals surface area (Å²) < 4.78 is 0. The Kier molecular flexibility index (Phi) is 4.75. The van der Waals surface area contributed by atoms with Crippen molar-refractivity contribution in [2.75, 3.05) is 0 Å². The summed E-state index contributed by atoms with van der Waals surface area (Å²) in [5.41, 5.74) is 0.770. The second-order valence-corrected chi connectivity index (χ2v) is 14.2. The number of hydrogen-bond acceptors (Lipinski definition) is 3. The van der Waals surface area contributed by atoms with Crippen LogP contribution in [0.1, 0.15) is 99.8 Å². The van der Waals surface area contributed by atoms with Gasteiger partial charge >= 0.3 is 5.97 Å². The van der Waals surface area contributed by atoms with Crippen LogP contribution < -0.4 is 0 Å². The number of allylic oxidation sites excluding steroid dienone is 4. The highest BCUT2D eigenvalue weighted by Crippen LogP contribution is 2.74. The fourth-order valence-electron chi connectivity index (χ4n) is 9.55. The zero-order valence-corrected chi connectivity index (χ0v) is 22.1. The molecule has 0 saturated heterocycles. The molecule has 4 fully saturated rings. The first kappa shape index (κ1) is 24.0. The SMILES string of the molecule is CC1(C)C[C@H]2C3=CC=C4[C@@]5(C)CCC(=O)C(C)(C)[C@@H]5CC[C@@]4(C)[C@]3(C)CC[C@@]2(C(=O)O)CC1=O. The first-order chi connectivity index (χ1) is 15.6. The van der Waals surface area contributed by atoms with Gasteiger partial charge < -0.3 is 5.11 Å². The van der Waals surface area contributed by atoms with Crippen LogP contribution in [0.15, 0.2) is 23.3 Å². The van der Waals surface area contributed by atoms with Crippen LogP contribution in [0.5, 0.6) is 0 Å². The zero-order valence-electron chi connectivity index (χ0n) is 22.1. The summed E-state index contributed by atoms with van der Waals surface area (Å²) in [6.45, 7) is 15.5. The summed E-state index contributed by atoms with van der Waals surface area (Å²) in [6, 6.07) is 0. The van der Waals surface area contributed by atoms with Gasteiger partial charge in [0.1, 0.15) is 11.6 Å². The Balaban J connectivity index is 1.67. The van der Waals surface area contributed by atoms with Gasteiger partial charge in [0.2, 0.25) is 0 Å². The van der Waals surface area contributed by atoms with Crippen LogP contribution in [0.3, 0.4) is 0 Å². The van der Waals surface area contributed by atoms with Gasteiger partial charge in [-0.1, -0.05) is 71.8 Å². The lowest BCUT2D eigenvalue weighted by molar-refractivity contribution is -0.168. The molecule has 6 atom stereocenters. The number of ketones is 2. The maximum absolute atomic E-state index is 13.0. The first-order valence-electron chi connectivity index (χ1n) is 13.3. The number of Topliss-reactive ketones (excluding diaryl/α,β-unsaturated/α-hetero) is 2. The summed E-state index contributed by atoms with van der Waals surface area (Å²) >= 11 is 0. The highest BCUT2D eigenvalue weighted by Gasteiger charge is 2.68. The number of carboxylic acids is 1. The van der Waals surface area contributed by atoms with Crippen molar-refractivity contribution in [1.29, 1.82) is 0 Å². The van der Waals surface area contributed by atoms with Gasteiger partial charge in [0.05, 0.1) is 5.41 Å². The Morgan fingerprint density at radius 3 is 2.21 bits per heavy atom. The molecule has 0 aromatic heterocycles. The number of carbonyl (C=O) groups is 3. The Morgan fingerprint density at radius 2 is 1.56 bits per heavy atom. The molecule has 0 spiro atoms. The van der Waals surface area contributed by atoms with E-state index in [1.54, 1.807) is 0 Å². The average Bonchev–Trinajstić information content (AvgIpc) is 2.72. The molecule has 0 amide bonds. The molecule has 1 N–H and O–H groups in total. The van der Waals surface area contributed by atoms with Gasteiger partial charge in [-0.2, -0.15) is 0 Å². The van der Waals surface area contributed by atoms with Crippen LogP contribution in [0, 0.1) is 44.3 Å². The van der Waals surface area contributed by atoms with Gasteiger partial charge in [0.25, 0.3) is 0 Å². The minimum Gasteiger partial charge on any atom is -0.481 e. The maximum atomic E-state index is 13.0. The van der Waals surface area contributed by atoms with E-state index in [1.807, 2.05) is 13.8 Å². The molecule has 0 aromatic carbocycles. The molecule has 4 heteroatoms. The molecule has 0 heterocycles. The predicted molar refractivity (Wildman–Crippen MR) is 132 cm³/mol. The molecule has 5 aliphatic carbocycles. The highest BCUT2D eigenvalue weighted by atomic mass is 16.4. The van der Waals surface area contributed by atoms with Gasteiger partial charge in [-0.05, 0) is 66.6 Å². The number of fused-ring (bicyclic) bond motifs is 7. The van der Waals surface area contributed by atoms with Gasteiger partial charge in [0, 0.05) is 23.7 Å².